The van der Waals surface area contributed by atoms with Crippen LogP contribution in [0.2, 0.25) is 0 Å². The van der Waals surface area contributed by atoms with E-state index in [2.05, 4.69) is 22.1 Å². The number of methoxy groups -OCH3 is 1. The van der Waals surface area contributed by atoms with Crippen molar-refractivity contribution in [1.29, 1.82) is 0 Å². The van der Waals surface area contributed by atoms with E-state index < -0.39 is 23.9 Å². The molecule has 10 nitrogen and oxygen atoms in total. The molecule has 0 saturated carbocycles. The molecule has 2 aromatic heterocycles. The molecule has 1 atom stereocenters. The number of amides is 2. The first-order valence-corrected chi connectivity index (χ1v) is 12.7. The van der Waals surface area contributed by atoms with Crippen molar-refractivity contribution in [2.24, 2.45) is 5.73 Å². The van der Waals surface area contributed by atoms with Crippen LogP contribution < -0.4 is 15.8 Å². The Bertz CT molecular complexity index is 1300. The number of anilines is 1. The summed E-state index contributed by atoms with van der Waals surface area (Å²) >= 11 is 2.10. The van der Waals surface area contributed by atoms with Crippen molar-refractivity contribution in [3.05, 3.63) is 64.3 Å². The average molecular weight is 530 g/mol. The highest BCUT2D eigenvalue weighted by molar-refractivity contribution is 7.99. The zero-order valence-corrected chi connectivity index (χ0v) is 22.0. The van der Waals surface area contributed by atoms with E-state index in [1.165, 1.54) is 18.9 Å². The summed E-state index contributed by atoms with van der Waals surface area (Å²) < 4.78 is 12.7. The predicted molar refractivity (Wildman–Crippen MR) is 139 cm³/mol. The molecule has 0 aliphatic heterocycles. The third-order valence-corrected chi connectivity index (χ3v) is 7.26. The number of ether oxygens (including phenoxy) is 2. The molecule has 36 heavy (non-hydrogen) atoms. The maximum atomic E-state index is 12.7. The number of carbonyl (C=O) groups excluding carboxylic acids is 3. The van der Waals surface area contributed by atoms with Gasteiger partial charge in [-0.05, 0) is 44.0 Å². The second kappa shape index (κ2) is 11.9. The van der Waals surface area contributed by atoms with E-state index in [-0.39, 0.29) is 21.2 Å². The summed E-state index contributed by atoms with van der Waals surface area (Å²) in [6, 6.07) is 7.70. The second-order valence-corrected chi connectivity index (χ2v) is 9.73. The van der Waals surface area contributed by atoms with Crippen LogP contribution >= 0.6 is 23.1 Å². The number of thiophene rings is 1. The van der Waals surface area contributed by atoms with E-state index in [1.807, 2.05) is 42.7 Å². The summed E-state index contributed by atoms with van der Waals surface area (Å²) in [6.07, 6.45) is 1.31. The first-order chi connectivity index (χ1) is 17.2. The van der Waals surface area contributed by atoms with Crippen LogP contribution in [0.5, 0.6) is 5.75 Å². The van der Waals surface area contributed by atoms with Gasteiger partial charge in [0.2, 0.25) is 5.91 Å². The van der Waals surface area contributed by atoms with Crippen molar-refractivity contribution in [2.45, 2.75) is 38.6 Å². The lowest BCUT2D eigenvalue weighted by Gasteiger charge is -2.16. The highest BCUT2D eigenvalue weighted by Crippen LogP contribution is 2.34. The number of allylic oxidation sites excluding steroid dienone is 1. The Morgan fingerprint density at radius 3 is 2.69 bits per heavy atom. The Morgan fingerprint density at radius 1 is 1.31 bits per heavy atom. The fraction of sp³-hybridized carbons (Fsp3) is 0.292. The SMILES string of the molecule is C=CCn1c(SCC(=O)Nc2sc(C(N)=O)c(C)c2C(=O)OC)nnc1C(C)Oc1cccc(C)c1. The van der Waals surface area contributed by atoms with E-state index in [1.54, 1.807) is 13.0 Å². The fourth-order valence-corrected chi connectivity index (χ4v) is 5.25. The maximum Gasteiger partial charge on any atom is 0.341 e. The number of rotatable bonds is 11. The third kappa shape index (κ3) is 6.13. The van der Waals surface area contributed by atoms with Gasteiger partial charge in [-0.15, -0.1) is 28.1 Å². The molecule has 0 bridgehead atoms. The van der Waals surface area contributed by atoms with Crippen LogP contribution in [0, 0.1) is 13.8 Å². The summed E-state index contributed by atoms with van der Waals surface area (Å²) in [5, 5.41) is 11.9. The molecule has 0 saturated heterocycles. The predicted octanol–water partition coefficient (Wildman–Crippen LogP) is 3.90. The molecule has 3 rings (SSSR count). The molecule has 190 valence electrons. The first kappa shape index (κ1) is 27.0. The van der Waals surface area contributed by atoms with Gasteiger partial charge in [0.1, 0.15) is 10.8 Å². The van der Waals surface area contributed by atoms with Gasteiger partial charge in [0.25, 0.3) is 5.91 Å². The Kier molecular flexibility index (Phi) is 8.88. The summed E-state index contributed by atoms with van der Waals surface area (Å²) in [4.78, 5) is 36.8. The topological polar surface area (TPSA) is 138 Å². The molecule has 0 radical (unpaired) electrons. The lowest BCUT2D eigenvalue weighted by Crippen LogP contribution is -2.17. The van der Waals surface area contributed by atoms with Crippen LogP contribution in [0.4, 0.5) is 5.00 Å². The van der Waals surface area contributed by atoms with Crippen LogP contribution in [0.1, 0.15) is 50.0 Å². The number of esters is 1. The van der Waals surface area contributed by atoms with Gasteiger partial charge in [0.05, 0.1) is 23.3 Å². The number of hydrogen-bond donors (Lipinski definition) is 2. The van der Waals surface area contributed by atoms with Gasteiger partial charge in [-0.3, -0.25) is 14.2 Å². The number of nitrogens with zero attached hydrogens (tertiary/aromatic N) is 3. The number of aromatic nitrogens is 3. The molecule has 12 heteroatoms. The van der Waals surface area contributed by atoms with Crippen LogP contribution in [0.3, 0.4) is 0 Å². The Labute approximate surface area is 216 Å². The summed E-state index contributed by atoms with van der Waals surface area (Å²) in [6.45, 7) is 9.65. The van der Waals surface area contributed by atoms with E-state index in [0.717, 1.165) is 16.9 Å². The quantitative estimate of drug-likeness (QED) is 0.217. The van der Waals surface area contributed by atoms with Crippen LogP contribution in [0.15, 0.2) is 42.1 Å². The number of carbonyl (C=O) groups is 3. The van der Waals surface area contributed by atoms with Crippen molar-refractivity contribution in [3.8, 4) is 5.75 Å². The molecule has 2 amide bonds. The third-order valence-electron chi connectivity index (χ3n) is 5.07. The van der Waals surface area contributed by atoms with Gasteiger partial charge in [-0.2, -0.15) is 0 Å². The molecule has 3 N–H and O–H groups in total. The molecule has 2 heterocycles. The second-order valence-electron chi connectivity index (χ2n) is 7.77. The standard InChI is InChI=1S/C24H27N5O5S2/c1-6-10-29-21(15(4)34-16-9-7-8-13(2)11-16)27-28-24(29)35-12-17(30)26-22-18(23(32)33-5)14(3)19(36-22)20(25)31/h6-9,11,15H,1,10,12H2,2-5H3,(H2,25,31)(H,26,30). The molecule has 0 spiro atoms. The number of nitrogens with two attached hydrogens (primary N) is 1. The number of aryl methyl sites for hydroxylation is 1. The van der Waals surface area contributed by atoms with Gasteiger partial charge >= 0.3 is 5.97 Å². The number of primary amides is 1. The minimum Gasteiger partial charge on any atom is -0.483 e. The molecule has 0 fully saturated rings. The monoisotopic (exact) mass is 529 g/mol. The number of nitrogens with one attached hydrogen (secondary N) is 1. The van der Waals surface area contributed by atoms with Gasteiger partial charge in [-0.25, -0.2) is 4.79 Å². The Morgan fingerprint density at radius 2 is 2.06 bits per heavy atom. The van der Waals surface area contributed by atoms with Gasteiger partial charge in [0.15, 0.2) is 17.1 Å². The smallest absolute Gasteiger partial charge is 0.341 e. The van der Waals surface area contributed by atoms with Crippen LogP contribution in [0.25, 0.3) is 0 Å². The first-order valence-electron chi connectivity index (χ1n) is 10.9. The van der Waals surface area contributed by atoms with Gasteiger partial charge < -0.3 is 20.5 Å². The highest BCUT2D eigenvalue weighted by Gasteiger charge is 2.26. The summed E-state index contributed by atoms with van der Waals surface area (Å²) in [5.74, 6) is -0.478. The molecular weight excluding hydrogens is 502 g/mol. The molecular formula is C24H27N5O5S2. The largest absolute Gasteiger partial charge is 0.483 e. The van der Waals surface area contributed by atoms with E-state index >= 15 is 0 Å². The lowest BCUT2D eigenvalue weighted by molar-refractivity contribution is -0.113. The number of benzene rings is 1. The van der Waals surface area contributed by atoms with Crippen molar-refractivity contribution >= 4 is 45.9 Å². The van der Waals surface area contributed by atoms with Crippen molar-refractivity contribution in [3.63, 3.8) is 0 Å². The highest BCUT2D eigenvalue weighted by atomic mass is 32.2. The normalized spacial score (nSPS) is 11.6. The van der Waals surface area contributed by atoms with Crippen LogP contribution in [-0.2, 0) is 16.1 Å². The molecule has 1 aromatic carbocycles. The summed E-state index contributed by atoms with van der Waals surface area (Å²) in [7, 11) is 1.22. The van der Waals surface area contributed by atoms with Crippen LogP contribution in [-0.4, -0.2) is 45.4 Å². The average Bonchev–Trinajstić information content (AvgIpc) is 3.38. The minimum absolute atomic E-state index is 0.0220. The minimum atomic E-state index is -0.690. The zero-order chi connectivity index (χ0) is 26.4. The van der Waals surface area contributed by atoms with Crippen molar-refractivity contribution < 1.29 is 23.9 Å². The lowest BCUT2D eigenvalue weighted by atomic mass is 10.1. The maximum absolute atomic E-state index is 12.7. The number of thioether (sulfide) groups is 1. The van der Waals surface area contributed by atoms with Gasteiger partial charge in [-0.1, -0.05) is 30.0 Å². The molecule has 1 unspecified atom stereocenters. The molecule has 3 aromatic rings. The van der Waals surface area contributed by atoms with E-state index in [0.29, 0.717) is 28.8 Å². The van der Waals surface area contributed by atoms with Gasteiger partial charge in [0, 0.05) is 6.54 Å². The molecule has 0 aliphatic carbocycles. The molecule has 0 aliphatic rings. The summed E-state index contributed by atoms with van der Waals surface area (Å²) in [5.41, 5.74) is 6.94. The van der Waals surface area contributed by atoms with E-state index in [4.69, 9.17) is 15.2 Å². The van der Waals surface area contributed by atoms with Crippen molar-refractivity contribution in [1.82, 2.24) is 14.8 Å². The van der Waals surface area contributed by atoms with E-state index in [9.17, 15) is 14.4 Å². The van der Waals surface area contributed by atoms with Crippen molar-refractivity contribution in [2.75, 3.05) is 18.2 Å². The number of hydrogen-bond acceptors (Lipinski definition) is 9. The zero-order valence-electron chi connectivity index (χ0n) is 20.4. The fourth-order valence-electron chi connectivity index (χ4n) is 3.43. The Balaban J connectivity index is 1.74. The Hall–Kier alpha value is -3.64.